The van der Waals surface area contributed by atoms with Crippen molar-refractivity contribution in [3.8, 4) is 0 Å². The monoisotopic (exact) mass is 375 g/mol. The number of rotatable bonds is 4. The van der Waals surface area contributed by atoms with E-state index in [2.05, 4.69) is 15.2 Å². The minimum absolute atomic E-state index is 0.0224. The summed E-state index contributed by atoms with van der Waals surface area (Å²) in [4.78, 5) is 19.0. The first-order valence-electron chi connectivity index (χ1n) is 9.19. The molecule has 2 aromatic carbocycles. The zero-order chi connectivity index (χ0) is 19.1. The Balaban J connectivity index is 1.33. The normalized spacial score (nSPS) is 16.3. The molecule has 0 bridgehead atoms. The van der Waals surface area contributed by atoms with E-state index in [-0.39, 0.29) is 17.8 Å². The van der Waals surface area contributed by atoms with E-state index in [1.807, 2.05) is 28.8 Å². The number of hydrogen-bond acceptors (Lipinski definition) is 3. The molecule has 7 heteroatoms. The van der Waals surface area contributed by atoms with Crippen molar-refractivity contribution in [2.75, 3.05) is 6.54 Å². The van der Waals surface area contributed by atoms with E-state index < -0.39 is 0 Å². The number of amides is 1. The Labute approximate surface area is 160 Å². The van der Waals surface area contributed by atoms with Crippen LogP contribution in [-0.4, -0.2) is 37.1 Å². The van der Waals surface area contributed by atoms with Gasteiger partial charge in [0.25, 0.3) is 5.91 Å². The number of aromatic amines is 1. The van der Waals surface area contributed by atoms with E-state index in [9.17, 15) is 9.18 Å². The van der Waals surface area contributed by atoms with Gasteiger partial charge in [-0.1, -0.05) is 24.3 Å². The molecule has 1 amide bonds. The van der Waals surface area contributed by atoms with Gasteiger partial charge in [-0.05, 0) is 42.3 Å². The lowest BCUT2D eigenvalue weighted by Crippen LogP contribution is -2.45. The first kappa shape index (κ1) is 16.7. The third kappa shape index (κ3) is 2.85. The molecule has 1 aliphatic rings. The second-order valence-electron chi connectivity index (χ2n) is 6.99. The molecule has 5 rings (SSSR count). The minimum atomic E-state index is -0.273. The summed E-state index contributed by atoms with van der Waals surface area (Å²) in [6.45, 7) is 1.23. The Morgan fingerprint density at radius 3 is 2.79 bits per heavy atom. The van der Waals surface area contributed by atoms with Crippen LogP contribution >= 0.6 is 0 Å². The first-order valence-corrected chi connectivity index (χ1v) is 9.19. The highest BCUT2D eigenvalue weighted by Crippen LogP contribution is 2.34. The highest BCUT2D eigenvalue weighted by molar-refractivity contribution is 5.93. The van der Waals surface area contributed by atoms with Crippen molar-refractivity contribution in [3.63, 3.8) is 0 Å². The summed E-state index contributed by atoms with van der Waals surface area (Å²) < 4.78 is 15.2. The van der Waals surface area contributed by atoms with Gasteiger partial charge in [0.05, 0.1) is 35.6 Å². The molecule has 4 aromatic rings. The van der Waals surface area contributed by atoms with Crippen LogP contribution in [0.4, 0.5) is 4.39 Å². The van der Waals surface area contributed by atoms with Crippen LogP contribution < -0.4 is 0 Å². The Morgan fingerprint density at radius 2 is 2.00 bits per heavy atom. The van der Waals surface area contributed by atoms with E-state index in [0.29, 0.717) is 18.8 Å². The van der Waals surface area contributed by atoms with Crippen LogP contribution in [-0.2, 0) is 6.54 Å². The van der Waals surface area contributed by atoms with Gasteiger partial charge >= 0.3 is 0 Å². The van der Waals surface area contributed by atoms with E-state index >= 15 is 0 Å². The predicted octanol–water partition coefficient (Wildman–Crippen LogP) is 3.53. The fourth-order valence-electron chi connectivity index (χ4n) is 3.68. The summed E-state index contributed by atoms with van der Waals surface area (Å²) >= 11 is 0. The molecule has 0 aliphatic carbocycles. The van der Waals surface area contributed by atoms with Gasteiger partial charge < -0.3 is 9.47 Å². The molecule has 3 heterocycles. The number of carbonyl (C=O) groups excluding carboxylic acids is 1. The van der Waals surface area contributed by atoms with Gasteiger partial charge in [0, 0.05) is 6.54 Å². The zero-order valence-corrected chi connectivity index (χ0v) is 15.0. The molecule has 0 saturated carbocycles. The Bertz CT molecular complexity index is 1150. The van der Waals surface area contributed by atoms with Crippen molar-refractivity contribution in [1.82, 2.24) is 24.6 Å². The summed E-state index contributed by atoms with van der Waals surface area (Å²) in [7, 11) is 0. The Hall–Kier alpha value is -3.48. The Kier molecular flexibility index (Phi) is 3.93. The van der Waals surface area contributed by atoms with Crippen LogP contribution in [0.2, 0.25) is 0 Å². The number of nitrogens with zero attached hydrogens (tertiary/aromatic N) is 4. The number of fused-ring (bicyclic) bond motifs is 1. The van der Waals surface area contributed by atoms with Crippen LogP contribution in [0.5, 0.6) is 0 Å². The fourth-order valence-corrected chi connectivity index (χ4v) is 3.68. The third-order valence-corrected chi connectivity index (χ3v) is 5.25. The SMILES string of the molecule is O=C(c1cc(Cn2cnc3ccccc32)[nH]n1)N1CC[C@H]1c1ccc(F)cc1. The number of H-pyrrole nitrogens is 1. The summed E-state index contributed by atoms with van der Waals surface area (Å²) in [5.74, 6) is -0.386. The quantitative estimate of drug-likeness (QED) is 0.593. The molecule has 1 aliphatic heterocycles. The third-order valence-electron chi connectivity index (χ3n) is 5.25. The van der Waals surface area contributed by atoms with Gasteiger partial charge in [-0.25, -0.2) is 9.37 Å². The van der Waals surface area contributed by atoms with Gasteiger partial charge in [0.2, 0.25) is 0 Å². The largest absolute Gasteiger partial charge is 0.330 e. The number of carbonyl (C=O) groups is 1. The van der Waals surface area contributed by atoms with Gasteiger partial charge in [-0.15, -0.1) is 0 Å². The van der Waals surface area contributed by atoms with E-state index in [1.54, 1.807) is 29.4 Å². The summed E-state index contributed by atoms with van der Waals surface area (Å²) in [6, 6.07) is 16.0. The number of hydrogen-bond donors (Lipinski definition) is 1. The number of para-hydroxylation sites is 2. The van der Waals surface area contributed by atoms with Crippen LogP contribution in [0, 0.1) is 5.82 Å². The average molecular weight is 375 g/mol. The van der Waals surface area contributed by atoms with E-state index in [1.165, 1.54) is 12.1 Å². The van der Waals surface area contributed by atoms with Crippen molar-refractivity contribution in [2.45, 2.75) is 19.0 Å². The van der Waals surface area contributed by atoms with E-state index in [4.69, 9.17) is 0 Å². The van der Waals surface area contributed by atoms with Crippen LogP contribution in [0.1, 0.15) is 34.2 Å². The molecule has 0 radical (unpaired) electrons. The van der Waals surface area contributed by atoms with E-state index in [0.717, 1.165) is 28.7 Å². The molecule has 6 nitrogen and oxygen atoms in total. The Morgan fingerprint density at radius 1 is 1.18 bits per heavy atom. The number of halogens is 1. The number of aromatic nitrogens is 4. The molecule has 2 aromatic heterocycles. The molecule has 140 valence electrons. The lowest BCUT2D eigenvalue weighted by molar-refractivity contribution is 0.0454. The highest BCUT2D eigenvalue weighted by atomic mass is 19.1. The van der Waals surface area contributed by atoms with Gasteiger partial charge in [-0.2, -0.15) is 5.10 Å². The van der Waals surface area contributed by atoms with Gasteiger partial charge in [-0.3, -0.25) is 9.89 Å². The molecule has 0 spiro atoms. The fraction of sp³-hybridized carbons (Fsp3) is 0.190. The number of benzene rings is 2. The van der Waals surface area contributed by atoms with Crippen LogP contribution in [0.15, 0.2) is 60.9 Å². The lowest BCUT2D eigenvalue weighted by Gasteiger charge is -2.41. The molecule has 1 saturated heterocycles. The smallest absolute Gasteiger partial charge is 0.274 e. The highest BCUT2D eigenvalue weighted by Gasteiger charge is 2.34. The molecular formula is C21H18FN5O. The molecule has 1 N–H and O–H groups in total. The summed E-state index contributed by atoms with van der Waals surface area (Å²) in [6.07, 6.45) is 2.66. The lowest BCUT2D eigenvalue weighted by atomic mass is 9.94. The zero-order valence-electron chi connectivity index (χ0n) is 15.0. The van der Waals surface area contributed by atoms with Crippen molar-refractivity contribution in [2.24, 2.45) is 0 Å². The van der Waals surface area contributed by atoms with Crippen molar-refractivity contribution in [1.29, 1.82) is 0 Å². The summed E-state index contributed by atoms with van der Waals surface area (Å²) in [5.41, 5.74) is 4.14. The van der Waals surface area contributed by atoms with Crippen LogP contribution in [0.3, 0.4) is 0 Å². The summed E-state index contributed by atoms with van der Waals surface area (Å²) in [5, 5.41) is 7.17. The maximum absolute atomic E-state index is 13.1. The predicted molar refractivity (Wildman–Crippen MR) is 102 cm³/mol. The average Bonchev–Trinajstić information content (AvgIpc) is 3.31. The second kappa shape index (κ2) is 6.60. The topological polar surface area (TPSA) is 66.8 Å². The molecule has 0 unspecified atom stereocenters. The first-order chi connectivity index (χ1) is 13.7. The van der Waals surface area contributed by atoms with Crippen LogP contribution in [0.25, 0.3) is 11.0 Å². The van der Waals surface area contributed by atoms with Gasteiger partial charge in [0.15, 0.2) is 0 Å². The standard InChI is InChI=1S/C21H18FN5O/c22-15-7-5-14(6-8-15)19-9-10-27(19)21(28)18-11-16(24-25-18)12-26-13-23-17-3-1-2-4-20(17)26/h1-8,11,13,19H,9-10,12H2,(H,24,25)/t19-/m0/s1. The molecule has 1 fully saturated rings. The van der Waals surface area contributed by atoms with Gasteiger partial charge in [0.1, 0.15) is 11.5 Å². The number of likely N-dealkylation sites (tertiary alicyclic amines) is 1. The number of imidazole rings is 1. The second-order valence-corrected chi connectivity index (χ2v) is 6.99. The molecular weight excluding hydrogens is 357 g/mol. The number of nitrogens with one attached hydrogen (secondary N) is 1. The van der Waals surface area contributed by atoms with Crippen molar-refractivity contribution < 1.29 is 9.18 Å². The minimum Gasteiger partial charge on any atom is -0.330 e. The maximum Gasteiger partial charge on any atom is 0.274 e. The molecule has 1 atom stereocenters. The molecule has 28 heavy (non-hydrogen) atoms. The van der Waals surface area contributed by atoms with Crippen molar-refractivity contribution >= 4 is 16.9 Å². The van der Waals surface area contributed by atoms with Crippen molar-refractivity contribution in [3.05, 3.63) is 83.7 Å². The maximum atomic E-state index is 13.1.